The van der Waals surface area contributed by atoms with Crippen molar-refractivity contribution in [2.45, 2.75) is 6.17 Å². The number of fused-ring (bicyclic) bond motifs is 1. The highest BCUT2D eigenvalue weighted by Crippen LogP contribution is 2.36. The lowest BCUT2D eigenvalue weighted by atomic mass is 10.1. The zero-order chi connectivity index (χ0) is 15.1. The summed E-state index contributed by atoms with van der Waals surface area (Å²) in [6.45, 7) is 0. The van der Waals surface area contributed by atoms with E-state index in [0.717, 1.165) is 0 Å². The van der Waals surface area contributed by atoms with Crippen molar-refractivity contribution < 1.29 is 8.78 Å². The monoisotopic (exact) mass is 352 g/mol. The number of aliphatic imine (C=N–C) groups is 1. The maximum Gasteiger partial charge on any atom is 0.148 e. The van der Waals surface area contributed by atoms with Crippen LogP contribution in [-0.2, 0) is 0 Å². The third-order valence-corrected chi connectivity index (χ3v) is 3.77. The number of nitrogen functional groups attached to an aromatic ring is 1. The van der Waals surface area contributed by atoms with Crippen molar-refractivity contribution in [2.75, 3.05) is 10.6 Å². The van der Waals surface area contributed by atoms with Gasteiger partial charge in [-0.15, -0.1) is 0 Å². The number of anilines is 2. The van der Waals surface area contributed by atoms with Gasteiger partial charge in [-0.05, 0) is 24.3 Å². The predicted octanol–water partition coefficient (Wildman–Crippen LogP) is 3.45. The smallest absolute Gasteiger partial charge is 0.148 e. The number of hydrogen-bond donors (Lipinski definition) is 2. The van der Waals surface area contributed by atoms with Crippen molar-refractivity contribution in [3.05, 3.63) is 52.0 Å². The molecule has 0 aliphatic carbocycles. The number of benzene rings is 2. The zero-order valence-corrected chi connectivity index (χ0v) is 12.3. The summed E-state index contributed by atoms with van der Waals surface area (Å²) in [7, 11) is 0. The summed E-state index contributed by atoms with van der Waals surface area (Å²) in [6.07, 6.45) is 0.686. The fourth-order valence-corrected chi connectivity index (χ4v) is 2.53. The normalized spacial score (nSPS) is 17.0. The SMILES string of the molecule is Nc1cc2c(cc1F)N=CN(c1ccc(Br)cc1F)C2N. The molecule has 0 aromatic heterocycles. The molecule has 0 radical (unpaired) electrons. The van der Waals surface area contributed by atoms with E-state index < -0.39 is 17.8 Å². The molecule has 0 spiro atoms. The second kappa shape index (κ2) is 5.09. The minimum Gasteiger partial charge on any atom is -0.396 e. The van der Waals surface area contributed by atoms with Crippen LogP contribution in [0, 0.1) is 11.6 Å². The van der Waals surface area contributed by atoms with Gasteiger partial charge in [0.2, 0.25) is 0 Å². The fraction of sp³-hybridized carbons (Fsp3) is 0.0714. The lowest BCUT2D eigenvalue weighted by molar-refractivity contribution is 0.613. The molecule has 2 aromatic rings. The molecule has 1 atom stereocenters. The lowest BCUT2D eigenvalue weighted by Crippen LogP contribution is -2.36. The number of nitrogens with two attached hydrogens (primary N) is 2. The highest BCUT2D eigenvalue weighted by molar-refractivity contribution is 9.10. The molecule has 4 N–H and O–H groups in total. The van der Waals surface area contributed by atoms with E-state index in [1.165, 1.54) is 29.4 Å². The van der Waals surface area contributed by atoms with Crippen molar-refractivity contribution >= 4 is 39.3 Å². The van der Waals surface area contributed by atoms with Crippen LogP contribution in [-0.4, -0.2) is 6.34 Å². The molecule has 0 bridgehead atoms. The van der Waals surface area contributed by atoms with Gasteiger partial charge in [0.1, 0.15) is 17.8 Å². The molecule has 0 saturated carbocycles. The second-order valence-electron chi connectivity index (χ2n) is 4.62. The molecule has 3 rings (SSSR count). The van der Waals surface area contributed by atoms with Crippen molar-refractivity contribution in [3.8, 4) is 0 Å². The molecule has 1 unspecified atom stereocenters. The zero-order valence-electron chi connectivity index (χ0n) is 10.7. The Morgan fingerprint density at radius 3 is 2.62 bits per heavy atom. The van der Waals surface area contributed by atoms with Crippen LogP contribution >= 0.6 is 15.9 Å². The molecule has 21 heavy (non-hydrogen) atoms. The number of rotatable bonds is 1. The summed E-state index contributed by atoms with van der Waals surface area (Å²) < 4.78 is 28.1. The van der Waals surface area contributed by atoms with Gasteiger partial charge in [0.25, 0.3) is 0 Å². The first-order valence-electron chi connectivity index (χ1n) is 6.09. The quantitative estimate of drug-likeness (QED) is 0.772. The first-order valence-corrected chi connectivity index (χ1v) is 6.89. The van der Waals surface area contributed by atoms with Gasteiger partial charge in [-0.3, -0.25) is 0 Å². The van der Waals surface area contributed by atoms with E-state index in [1.807, 2.05) is 0 Å². The average molecular weight is 353 g/mol. The first kappa shape index (κ1) is 14.0. The third kappa shape index (κ3) is 2.38. The molecule has 4 nitrogen and oxygen atoms in total. The molecule has 0 saturated heterocycles. The van der Waals surface area contributed by atoms with Gasteiger partial charge in [0.15, 0.2) is 0 Å². The van der Waals surface area contributed by atoms with Gasteiger partial charge in [-0.1, -0.05) is 15.9 Å². The molecule has 1 heterocycles. The van der Waals surface area contributed by atoms with E-state index in [9.17, 15) is 8.78 Å². The third-order valence-electron chi connectivity index (χ3n) is 3.27. The molecule has 108 valence electrons. The van der Waals surface area contributed by atoms with Gasteiger partial charge in [-0.25, -0.2) is 13.8 Å². The Balaban J connectivity index is 2.07. The second-order valence-corrected chi connectivity index (χ2v) is 5.54. The Labute approximate surface area is 128 Å². The van der Waals surface area contributed by atoms with E-state index in [-0.39, 0.29) is 11.4 Å². The fourth-order valence-electron chi connectivity index (χ4n) is 2.19. The summed E-state index contributed by atoms with van der Waals surface area (Å²) >= 11 is 3.20. The van der Waals surface area contributed by atoms with Crippen LogP contribution in [0.3, 0.4) is 0 Å². The summed E-state index contributed by atoms with van der Waals surface area (Å²) in [4.78, 5) is 5.59. The van der Waals surface area contributed by atoms with E-state index in [4.69, 9.17) is 11.5 Å². The van der Waals surface area contributed by atoms with Gasteiger partial charge in [-0.2, -0.15) is 0 Å². The lowest BCUT2D eigenvalue weighted by Gasteiger charge is -2.31. The molecule has 2 aromatic carbocycles. The molecule has 1 aliphatic rings. The van der Waals surface area contributed by atoms with Gasteiger partial charge in [0, 0.05) is 16.1 Å². The molecular weight excluding hydrogens is 342 g/mol. The summed E-state index contributed by atoms with van der Waals surface area (Å²) in [6, 6.07) is 7.27. The van der Waals surface area contributed by atoms with Crippen molar-refractivity contribution in [1.82, 2.24) is 0 Å². The molecule has 0 amide bonds. The maximum atomic E-state index is 14.1. The van der Waals surface area contributed by atoms with Crippen LogP contribution in [0.2, 0.25) is 0 Å². The number of halogens is 3. The largest absolute Gasteiger partial charge is 0.396 e. The number of nitrogens with zero attached hydrogens (tertiary/aromatic N) is 2. The van der Waals surface area contributed by atoms with Crippen LogP contribution < -0.4 is 16.4 Å². The Bertz CT molecular complexity index is 748. The molecule has 7 heteroatoms. The minimum atomic E-state index is -0.698. The Morgan fingerprint density at radius 2 is 1.90 bits per heavy atom. The predicted molar refractivity (Wildman–Crippen MR) is 82.5 cm³/mol. The number of hydrogen-bond acceptors (Lipinski definition) is 4. The molecule has 0 fully saturated rings. The summed E-state index contributed by atoms with van der Waals surface area (Å²) in [5, 5.41) is 0. The standard InChI is InChI=1S/C14H11BrF2N4/c15-7-1-2-13(10(17)3-7)21-6-20-12-5-9(16)11(18)4-8(12)14(21)19/h1-6,14H,18-19H2. The topological polar surface area (TPSA) is 67.6 Å². The van der Waals surface area contributed by atoms with Gasteiger partial charge < -0.3 is 16.4 Å². The highest BCUT2D eigenvalue weighted by atomic mass is 79.9. The van der Waals surface area contributed by atoms with E-state index >= 15 is 0 Å². The van der Waals surface area contributed by atoms with E-state index in [1.54, 1.807) is 12.1 Å². The molecule has 1 aliphatic heterocycles. The van der Waals surface area contributed by atoms with Crippen molar-refractivity contribution in [3.63, 3.8) is 0 Å². The van der Waals surface area contributed by atoms with Gasteiger partial charge in [0.05, 0.1) is 23.4 Å². The minimum absolute atomic E-state index is 0.0162. The van der Waals surface area contributed by atoms with Crippen LogP contribution in [0.4, 0.5) is 25.8 Å². The Hall–Kier alpha value is -1.99. The van der Waals surface area contributed by atoms with Crippen LogP contribution in [0.5, 0.6) is 0 Å². The van der Waals surface area contributed by atoms with Crippen molar-refractivity contribution in [2.24, 2.45) is 10.7 Å². The Kier molecular flexibility index (Phi) is 3.38. The first-order chi connectivity index (χ1) is 9.97. The van der Waals surface area contributed by atoms with E-state index in [0.29, 0.717) is 15.7 Å². The summed E-state index contributed by atoms with van der Waals surface area (Å²) in [5.74, 6) is -0.994. The van der Waals surface area contributed by atoms with Crippen LogP contribution in [0.15, 0.2) is 39.8 Å². The van der Waals surface area contributed by atoms with Crippen LogP contribution in [0.1, 0.15) is 11.7 Å². The summed E-state index contributed by atoms with van der Waals surface area (Å²) in [5.41, 5.74) is 12.9. The van der Waals surface area contributed by atoms with Crippen molar-refractivity contribution in [1.29, 1.82) is 0 Å². The average Bonchev–Trinajstić information content (AvgIpc) is 2.43. The van der Waals surface area contributed by atoms with Gasteiger partial charge >= 0.3 is 0 Å². The Morgan fingerprint density at radius 1 is 1.14 bits per heavy atom. The van der Waals surface area contributed by atoms with E-state index in [2.05, 4.69) is 20.9 Å². The highest BCUT2D eigenvalue weighted by Gasteiger charge is 2.25. The maximum absolute atomic E-state index is 14.1. The molecular formula is C14H11BrF2N4. The van der Waals surface area contributed by atoms with Crippen LogP contribution in [0.25, 0.3) is 0 Å².